The summed E-state index contributed by atoms with van der Waals surface area (Å²) in [4.78, 5) is 14.7. The highest BCUT2D eigenvalue weighted by Gasteiger charge is 2.10. The zero-order valence-corrected chi connectivity index (χ0v) is 10.5. The van der Waals surface area contributed by atoms with Crippen LogP contribution in [0.2, 0.25) is 0 Å². The molecule has 3 nitrogen and oxygen atoms in total. The van der Waals surface area contributed by atoms with Crippen LogP contribution in [-0.2, 0) is 0 Å². The SMILES string of the molecule is O=C(O)c1cc2cccc(Br)c2c(Br)n1. The zero-order valence-electron chi connectivity index (χ0n) is 7.37. The molecule has 0 radical (unpaired) electrons. The Balaban J connectivity index is 2.84. The predicted molar refractivity (Wildman–Crippen MR) is 64.1 cm³/mol. The minimum absolute atomic E-state index is 0.0347. The fourth-order valence-electron chi connectivity index (χ4n) is 1.33. The lowest BCUT2D eigenvalue weighted by Gasteiger charge is -2.04. The second kappa shape index (κ2) is 3.90. The maximum Gasteiger partial charge on any atom is 0.354 e. The van der Waals surface area contributed by atoms with E-state index in [4.69, 9.17) is 5.11 Å². The smallest absolute Gasteiger partial charge is 0.354 e. The number of carboxylic acid groups (broad SMARTS) is 1. The summed E-state index contributed by atoms with van der Waals surface area (Å²) in [6, 6.07) is 7.13. The number of hydrogen-bond donors (Lipinski definition) is 1. The highest BCUT2D eigenvalue weighted by Crippen LogP contribution is 2.29. The molecule has 0 aliphatic carbocycles. The Morgan fingerprint density at radius 2 is 2.07 bits per heavy atom. The van der Waals surface area contributed by atoms with E-state index in [9.17, 15) is 4.79 Å². The normalized spacial score (nSPS) is 10.5. The summed E-state index contributed by atoms with van der Waals surface area (Å²) < 4.78 is 1.42. The van der Waals surface area contributed by atoms with Gasteiger partial charge in [0.05, 0.1) is 0 Å². The van der Waals surface area contributed by atoms with Crippen LogP contribution in [0.25, 0.3) is 10.8 Å². The van der Waals surface area contributed by atoms with Gasteiger partial charge in [-0.05, 0) is 33.4 Å². The van der Waals surface area contributed by atoms with Crippen LogP contribution in [0, 0.1) is 0 Å². The van der Waals surface area contributed by atoms with E-state index in [-0.39, 0.29) is 5.69 Å². The van der Waals surface area contributed by atoms with Gasteiger partial charge in [-0.3, -0.25) is 0 Å². The average molecular weight is 331 g/mol. The standard InChI is InChI=1S/C10H5Br2NO2/c11-6-3-1-2-5-4-7(10(14)15)13-9(12)8(5)6/h1-4H,(H,14,15). The summed E-state index contributed by atoms with van der Waals surface area (Å²) in [6.07, 6.45) is 0. The van der Waals surface area contributed by atoms with E-state index in [2.05, 4.69) is 36.8 Å². The summed E-state index contributed by atoms with van der Waals surface area (Å²) >= 11 is 6.65. The number of rotatable bonds is 1. The minimum Gasteiger partial charge on any atom is -0.477 e. The third kappa shape index (κ3) is 1.89. The van der Waals surface area contributed by atoms with E-state index in [0.717, 1.165) is 15.2 Å². The van der Waals surface area contributed by atoms with Crippen molar-refractivity contribution in [3.05, 3.63) is 39.0 Å². The lowest BCUT2D eigenvalue weighted by atomic mass is 10.1. The molecule has 1 aromatic heterocycles. The van der Waals surface area contributed by atoms with Crippen molar-refractivity contribution in [2.24, 2.45) is 0 Å². The number of hydrogen-bond acceptors (Lipinski definition) is 2. The molecular formula is C10H5Br2NO2. The van der Waals surface area contributed by atoms with Gasteiger partial charge in [-0.1, -0.05) is 28.1 Å². The van der Waals surface area contributed by atoms with Crippen LogP contribution in [0.1, 0.15) is 10.5 Å². The Labute approximate surface area is 102 Å². The molecular weight excluding hydrogens is 326 g/mol. The zero-order chi connectivity index (χ0) is 11.0. The molecule has 0 aliphatic heterocycles. The average Bonchev–Trinajstić information content (AvgIpc) is 2.17. The largest absolute Gasteiger partial charge is 0.477 e. The fraction of sp³-hybridized carbons (Fsp3) is 0. The number of carboxylic acids is 1. The molecule has 5 heteroatoms. The van der Waals surface area contributed by atoms with Gasteiger partial charge < -0.3 is 5.11 Å². The van der Waals surface area contributed by atoms with Crippen molar-refractivity contribution in [1.82, 2.24) is 4.98 Å². The van der Waals surface area contributed by atoms with Crippen molar-refractivity contribution < 1.29 is 9.90 Å². The van der Waals surface area contributed by atoms with Gasteiger partial charge in [0.1, 0.15) is 10.3 Å². The number of nitrogens with zero attached hydrogens (tertiary/aromatic N) is 1. The van der Waals surface area contributed by atoms with Gasteiger partial charge in [0.15, 0.2) is 0 Å². The second-order valence-corrected chi connectivity index (χ2v) is 4.55. The third-order valence-electron chi connectivity index (χ3n) is 1.98. The maximum absolute atomic E-state index is 10.8. The molecule has 0 atom stereocenters. The number of aromatic nitrogens is 1. The van der Waals surface area contributed by atoms with E-state index in [1.54, 1.807) is 6.07 Å². The summed E-state index contributed by atoms with van der Waals surface area (Å²) in [5.74, 6) is -1.03. The number of carbonyl (C=O) groups is 1. The molecule has 0 spiro atoms. The number of aromatic carboxylic acids is 1. The molecule has 0 unspecified atom stereocenters. The van der Waals surface area contributed by atoms with Gasteiger partial charge in [-0.25, -0.2) is 9.78 Å². The Hall–Kier alpha value is -0.940. The summed E-state index contributed by atoms with van der Waals surface area (Å²) in [5, 5.41) is 10.6. The van der Waals surface area contributed by atoms with E-state index in [1.165, 1.54) is 0 Å². The van der Waals surface area contributed by atoms with Crippen LogP contribution in [0.5, 0.6) is 0 Å². The lowest BCUT2D eigenvalue weighted by molar-refractivity contribution is 0.0690. The first-order valence-corrected chi connectivity index (χ1v) is 5.66. The molecule has 1 heterocycles. The van der Waals surface area contributed by atoms with Gasteiger partial charge in [-0.15, -0.1) is 0 Å². The Morgan fingerprint density at radius 3 is 2.73 bits per heavy atom. The van der Waals surface area contributed by atoms with Crippen molar-refractivity contribution in [1.29, 1.82) is 0 Å². The monoisotopic (exact) mass is 329 g/mol. The molecule has 15 heavy (non-hydrogen) atoms. The first-order chi connectivity index (χ1) is 7.09. The van der Waals surface area contributed by atoms with E-state index < -0.39 is 5.97 Å². The molecule has 76 valence electrons. The molecule has 2 rings (SSSR count). The van der Waals surface area contributed by atoms with Crippen molar-refractivity contribution >= 4 is 48.6 Å². The summed E-state index contributed by atoms with van der Waals surface area (Å²) in [5.41, 5.74) is 0.0347. The fourth-order valence-corrected chi connectivity index (χ4v) is 2.80. The van der Waals surface area contributed by atoms with Gasteiger partial charge in [0.2, 0.25) is 0 Å². The van der Waals surface area contributed by atoms with Gasteiger partial charge in [-0.2, -0.15) is 0 Å². The van der Waals surface area contributed by atoms with Crippen LogP contribution in [-0.4, -0.2) is 16.1 Å². The van der Waals surface area contributed by atoms with Crippen molar-refractivity contribution in [3.63, 3.8) is 0 Å². The van der Waals surface area contributed by atoms with Crippen LogP contribution in [0.3, 0.4) is 0 Å². The first kappa shape index (κ1) is 10.6. The molecule has 0 bridgehead atoms. The Morgan fingerprint density at radius 1 is 1.33 bits per heavy atom. The van der Waals surface area contributed by atoms with Crippen LogP contribution in [0.15, 0.2) is 33.3 Å². The van der Waals surface area contributed by atoms with Crippen LogP contribution in [0.4, 0.5) is 0 Å². The Bertz CT molecular complexity index is 554. The lowest BCUT2D eigenvalue weighted by Crippen LogP contribution is -2.00. The molecule has 1 N–H and O–H groups in total. The molecule has 1 aromatic carbocycles. The van der Waals surface area contributed by atoms with E-state index in [1.807, 2.05) is 18.2 Å². The molecule has 0 amide bonds. The summed E-state index contributed by atoms with van der Waals surface area (Å²) in [7, 11) is 0. The van der Waals surface area contributed by atoms with Gasteiger partial charge in [0, 0.05) is 9.86 Å². The van der Waals surface area contributed by atoms with Gasteiger partial charge in [0.25, 0.3) is 0 Å². The van der Waals surface area contributed by atoms with Crippen molar-refractivity contribution in [3.8, 4) is 0 Å². The quantitative estimate of drug-likeness (QED) is 0.815. The van der Waals surface area contributed by atoms with Gasteiger partial charge >= 0.3 is 5.97 Å². The van der Waals surface area contributed by atoms with E-state index >= 15 is 0 Å². The predicted octanol–water partition coefficient (Wildman–Crippen LogP) is 3.46. The van der Waals surface area contributed by atoms with Crippen molar-refractivity contribution in [2.45, 2.75) is 0 Å². The molecule has 0 saturated carbocycles. The third-order valence-corrected chi connectivity index (χ3v) is 3.22. The second-order valence-electron chi connectivity index (χ2n) is 2.94. The number of benzene rings is 1. The topological polar surface area (TPSA) is 50.2 Å². The van der Waals surface area contributed by atoms with E-state index in [0.29, 0.717) is 4.60 Å². The molecule has 0 saturated heterocycles. The minimum atomic E-state index is -1.03. The highest BCUT2D eigenvalue weighted by atomic mass is 79.9. The highest BCUT2D eigenvalue weighted by molar-refractivity contribution is 9.11. The van der Waals surface area contributed by atoms with Crippen LogP contribution >= 0.6 is 31.9 Å². The molecule has 0 aliphatic rings. The number of halogens is 2. The first-order valence-electron chi connectivity index (χ1n) is 4.07. The summed E-state index contributed by atoms with van der Waals surface area (Å²) in [6.45, 7) is 0. The maximum atomic E-state index is 10.8. The van der Waals surface area contributed by atoms with Crippen molar-refractivity contribution in [2.75, 3.05) is 0 Å². The molecule has 0 fully saturated rings. The number of pyridine rings is 1. The Kier molecular flexibility index (Phi) is 2.75. The van der Waals surface area contributed by atoms with Crippen LogP contribution < -0.4 is 0 Å². The molecule has 2 aromatic rings. The number of fused-ring (bicyclic) bond motifs is 1.